The van der Waals surface area contributed by atoms with Gasteiger partial charge in [0.1, 0.15) is 11.3 Å². The predicted octanol–water partition coefficient (Wildman–Crippen LogP) is 0.378. The predicted molar refractivity (Wildman–Crippen MR) is 73.5 cm³/mol. The molecule has 3 atom stereocenters. The van der Waals surface area contributed by atoms with Crippen LogP contribution in [0, 0.1) is 0 Å². The summed E-state index contributed by atoms with van der Waals surface area (Å²) in [5.41, 5.74) is 4.68. The SMILES string of the molecule is CCS(=O)(=O)[C@H]1[C@H](c2ccc(OC)cc2)[C@@]1(N)C(=O)O. The highest BCUT2D eigenvalue weighted by Crippen LogP contribution is 2.54. The molecule has 1 aliphatic rings. The normalized spacial score (nSPS) is 28.9. The van der Waals surface area contributed by atoms with Gasteiger partial charge < -0.3 is 15.6 Å². The molecule has 3 N–H and O–H groups in total. The summed E-state index contributed by atoms with van der Waals surface area (Å²) in [5.74, 6) is -1.53. The van der Waals surface area contributed by atoms with Crippen molar-refractivity contribution < 1.29 is 23.1 Å². The summed E-state index contributed by atoms with van der Waals surface area (Å²) < 4.78 is 29.1. The van der Waals surface area contributed by atoms with Crippen LogP contribution in [0.4, 0.5) is 0 Å². The highest BCUT2D eigenvalue weighted by molar-refractivity contribution is 7.92. The van der Waals surface area contributed by atoms with Crippen LogP contribution < -0.4 is 10.5 Å². The molecule has 0 spiro atoms. The zero-order valence-electron chi connectivity index (χ0n) is 11.2. The summed E-state index contributed by atoms with van der Waals surface area (Å²) >= 11 is 0. The maximum Gasteiger partial charge on any atom is 0.325 e. The number of ether oxygens (including phenoxy) is 1. The van der Waals surface area contributed by atoms with Crippen molar-refractivity contribution in [3.63, 3.8) is 0 Å². The van der Waals surface area contributed by atoms with Gasteiger partial charge in [-0.3, -0.25) is 4.79 Å². The van der Waals surface area contributed by atoms with Gasteiger partial charge in [-0.2, -0.15) is 0 Å². The lowest BCUT2D eigenvalue weighted by molar-refractivity contribution is -0.139. The number of carbonyl (C=O) groups is 1. The van der Waals surface area contributed by atoms with Crippen molar-refractivity contribution in [3.8, 4) is 5.75 Å². The number of benzene rings is 1. The Kier molecular flexibility index (Phi) is 3.51. The van der Waals surface area contributed by atoms with Crippen LogP contribution in [0.15, 0.2) is 24.3 Å². The van der Waals surface area contributed by atoms with Crippen LogP contribution in [0.2, 0.25) is 0 Å². The Hall–Kier alpha value is -1.60. The third-order valence-corrected chi connectivity index (χ3v) is 6.05. The Balaban J connectivity index is 2.41. The molecular weight excluding hydrogens is 282 g/mol. The molecule has 0 aliphatic heterocycles. The minimum Gasteiger partial charge on any atom is -0.497 e. The number of methoxy groups -OCH3 is 1. The Morgan fingerprint density at radius 2 is 1.95 bits per heavy atom. The van der Waals surface area contributed by atoms with Gasteiger partial charge in [0.15, 0.2) is 9.84 Å². The van der Waals surface area contributed by atoms with Gasteiger partial charge >= 0.3 is 5.97 Å². The fourth-order valence-electron chi connectivity index (χ4n) is 2.57. The molecule has 0 bridgehead atoms. The first-order valence-electron chi connectivity index (χ1n) is 6.16. The molecule has 0 amide bonds. The quantitative estimate of drug-likeness (QED) is 0.814. The molecule has 0 heterocycles. The van der Waals surface area contributed by atoms with Crippen molar-refractivity contribution >= 4 is 15.8 Å². The van der Waals surface area contributed by atoms with Gasteiger partial charge in [-0.05, 0) is 17.7 Å². The van der Waals surface area contributed by atoms with Gasteiger partial charge in [-0.1, -0.05) is 19.1 Å². The number of carboxylic acid groups (broad SMARTS) is 1. The van der Waals surface area contributed by atoms with Gasteiger partial charge in [-0.25, -0.2) is 8.42 Å². The van der Waals surface area contributed by atoms with Crippen LogP contribution >= 0.6 is 0 Å². The second-order valence-electron chi connectivity index (χ2n) is 4.86. The molecule has 7 heteroatoms. The van der Waals surface area contributed by atoms with Gasteiger partial charge in [0.2, 0.25) is 0 Å². The van der Waals surface area contributed by atoms with Crippen molar-refractivity contribution in [2.24, 2.45) is 5.73 Å². The van der Waals surface area contributed by atoms with E-state index in [1.165, 1.54) is 14.0 Å². The summed E-state index contributed by atoms with van der Waals surface area (Å²) in [6.45, 7) is 1.49. The van der Waals surface area contributed by atoms with Crippen LogP contribution in [0.1, 0.15) is 18.4 Å². The number of sulfone groups is 1. The average Bonchev–Trinajstić information content (AvgIpc) is 3.08. The van der Waals surface area contributed by atoms with E-state index in [1.807, 2.05) is 0 Å². The number of rotatable bonds is 5. The number of nitrogens with two attached hydrogens (primary N) is 1. The lowest BCUT2D eigenvalue weighted by Crippen LogP contribution is -2.40. The third kappa shape index (κ3) is 2.06. The molecule has 0 saturated heterocycles. The molecule has 6 nitrogen and oxygen atoms in total. The maximum absolute atomic E-state index is 12.0. The lowest BCUT2D eigenvalue weighted by Gasteiger charge is -2.05. The fourth-order valence-corrected chi connectivity index (χ4v) is 4.49. The second-order valence-corrected chi connectivity index (χ2v) is 7.27. The minimum absolute atomic E-state index is 0.128. The fraction of sp³-hybridized carbons (Fsp3) is 0.462. The van der Waals surface area contributed by atoms with Crippen molar-refractivity contribution in [1.29, 1.82) is 0 Å². The van der Waals surface area contributed by atoms with Crippen molar-refractivity contribution in [3.05, 3.63) is 29.8 Å². The zero-order valence-corrected chi connectivity index (χ0v) is 12.1. The first kappa shape index (κ1) is 14.8. The summed E-state index contributed by atoms with van der Waals surface area (Å²) in [7, 11) is -2.01. The van der Waals surface area contributed by atoms with Crippen LogP contribution in [-0.2, 0) is 14.6 Å². The lowest BCUT2D eigenvalue weighted by atomic mass is 10.1. The standard InChI is InChI=1S/C13H17NO5S/c1-3-20(17,18)11-10(13(11,14)12(15)16)8-4-6-9(19-2)7-5-8/h4-7,10-11H,3,14H2,1-2H3,(H,15,16)/t10-,11-,13-/m0/s1. The molecule has 2 rings (SSSR count). The molecule has 0 radical (unpaired) electrons. The Labute approximate surface area is 117 Å². The number of carboxylic acids is 1. The first-order chi connectivity index (χ1) is 9.29. The topological polar surface area (TPSA) is 107 Å². The molecule has 1 aliphatic carbocycles. The van der Waals surface area contributed by atoms with E-state index in [2.05, 4.69) is 0 Å². The Morgan fingerprint density at radius 1 is 1.40 bits per heavy atom. The smallest absolute Gasteiger partial charge is 0.325 e. The molecule has 20 heavy (non-hydrogen) atoms. The van der Waals surface area contributed by atoms with E-state index in [9.17, 15) is 18.3 Å². The van der Waals surface area contributed by atoms with Gasteiger partial charge in [-0.15, -0.1) is 0 Å². The van der Waals surface area contributed by atoms with Gasteiger partial charge in [0.05, 0.1) is 12.4 Å². The third-order valence-electron chi connectivity index (χ3n) is 3.81. The minimum atomic E-state index is -3.53. The average molecular weight is 299 g/mol. The van der Waals surface area contributed by atoms with Crippen molar-refractivity contribution in [1.82, 2.24) is 0 Å². The molecule has 0 unspecified atom stereocenters. The van der Waals surface area contributed by atoms with Crippen LogP contribution in [0.5, 0.6) is 5.75 Å². The van der Waals surface area contributed by atoms with E-state index in [-0.39, 0.29) is 5.75 Å². The van der Waals surface area contributed by atoms with Crippen molar-refractivity contribution in [2.45, 2.75) is 23.6 Å². The molecule has 1 aromatic rings. The van der Waals surface area contributed by atoms with E-state index in [0.717, 1.165) is 0 Å². The van der Waals surface area contributed by atoms with E-state index >= 15 is 0 Å². The number of hydrogen-bond donors (Lipinski definition) is 2. The summed E-state index contributed by atoms with van der Waals surface area (Å²) in [6, 6.07) is 6.62. The monoisotopic (exact) mass is 299 g/mol. The molecule has 0 aromatic heterocycles. The molecule has 110 valence electrons. The molecule has 1 aromatic carbocycles. The highest BCUT2D eigenvalue weighted by atomic mass is 32.2. The van der Waals surface area contributed by atoms with E-state index in [0.29, 0.717) is 11.3 Å². The van der Waals surface area contributed by atoms with Crippen molar-refractivity contribution in [2.75, 3.05) is 12.9 Å². The first-order valence-corrected chi connectivity index (χ1v) is 7.88. The molecule has 1 saturated carbocycles. The largest absolute Gasteiger partial charge is 0.497 e. The van der Waals surface area contributed by atoms with Crippen LogP contribution in [-0.4, -0.2) is 43.1 Å². The summed E-state index contributed by atoms with van der Waals surface area (Å²) in [6.07, 6.45) is 0. The van der Waals surface area contributed by atoms with Gasteiger partial charge in [0.25, 0.3) is 0 Å². The van der Waals surface area contributed by atoms with Crippen LogP contribution in [0.3, 0.4) is 0 Å². The molecule has 1 fully saturated rings. The van der Waals surface area contributed by atoms with Crippen LogP contribution in [0.25, 0.3) is 0 Å². The Morgan fingerprint density at radius 3 is 2.35 bits per heavy atom. The summed E-state index contributed by atoms with van der Waals surface area (Å²) in [4.78, 5) is 11.3. The van der Waals surface area contributed by atoms with E-state index in [4.69, 9.17) is 10.5 Å². The second kappa shape index (κ2) is 4.75. The number of hydrogen-bond acceptors (Lipinski definition) is 5. The molecular formula is C13H17NO5S. The van der Waals surface area contributed by atoms with E-state index < -0.39 is 32.5 Å². The zero-order chi connectivity index (χ0) is 15.1. The Bertz CT molecular complexity index is 625. The number of aliphatic carboxylic acids is 1. The maximum atomic E-state index is 12.0. The van der Waals surface area contributed by atoms with Gasteiger partial charge in [0, 0.05) is 11.7 Å². The van der Waals surface area contributed by atoms with E-state index in [1.54, 1.807) is 24.3 Å². The highest BCUT2D eigenvalue weighted by Gasteiger charge is 2.73. The summed E-state index contributed by atoms with van der Waals surface area (Å²) in [5, 5.41) is 8.18.